The zero-order valence-electron chi connectivity index (χ0n) is 12.4. The third-order valence-corrected chi connectivity index (χ3v) is 2.59. The van der Waals surface area contributed by atoms with E-state index in [2.05, 4.69) is 30.4 Å². The molecule has 0 saturated heterocycles. The number of aromatic nitrogens is 4. The predicted octanol–water partition coefficient (Wildman–Crippen LogP) is -0.528. The van der Waals surface area contributed by atoms with Crippen LogP contribution in [0.2, 0.25) is 0 Å². The predicted molar refractivity (Wildman–Crippen MR) is 74.4 cm³/mol. The molecule has 0 spiro atoms. The van der Waals surface area contributed by atoms with Crippen LogP contribution in [0.25, 0.3) is 0 Å². The summed E-state index contributed by atoms with van der Waals surface area (Å²) in [6.45, 7) is 2.61. The molecule has 1 heterocycles. The van der Waals surface area contributed by atoms with Gasteiger partial charge in [-0.05, 0) is 26.2 Å². The molecule has 1 aromatic heterocycles. The van der Waals surface area contributed by atoms with Gasteiger partial charge in [-0.15, -0.1) is 20.4 Å². The van der Waals surface area contributed by atoms with Gasteiger partial charge in [0.1, 0.15) is 6.61 Å². The smallest absolute Gasteiger partial charge is 0.407 e. The maximum atomic E-state index is 11.4. The van der Waals surface area contributed by atoms with Crippen molar-refractivity contribution in [1.29, 1.82) is 0 Å². The SMILES string of the molecule is Cc1nnc(CCOC(=O)NCCCCC(N)OC=O)nn1. The molecular formula is C12H20N6O4. The van der Waals surface area contributed by atoms with Crippen LogP contribution in [0.1, 0.15) is 30.9 Å². The largest absolute Gasteiger partial charge is 0.449 e. The van der Waals surface area contributed by atoms with Crippen molar-refractivity contribution in [3.8, 4) is 0 Å². The van der Waals surface area contributed by atoms with E-state index >= 15 is 0 Å². The standard InChI is InChI=1S/C12H20N6O4/c1-9-15-17-11(18-16-9)5-7-21-12(20)14-6-3-2-4-10(13)22-8-19/h8,10H,2-7,13H2,1H3,(H,14,20). The average Bonchev–Trinajstić information content (AvgIpc) is 2.49. The monoisotopic (exact) mass is 312 g/mol. The first-order valence-electron chi connectivity index (χ1n) is 6.90. The van der Waals surface area contributed by atoms with Gasteiger partial charge < -0.3 is 14.8 Å². The number of hydrogen-bond acceptors (Lipinski definition) is 9. The molecule has 10 nitrogen and oxygen atoms in total. The van der Waals surface area contributed by atoms with E-state index in [4.69, 9.17) is 10.5 Å². The highest BCUT2D eigenvalue weighted by molar-refractivity contribution is 5.66. The zero-order valence-corrected chi connectivity index (χ0v) is 12.4. The van der Waals surface area contributed by atoms with Crippen LogP contribution in [0, 0.1) is 6.92 Å². The minimum atomic E-state index is -0.596. The van der Waals surface area contributed by atoms with Gasteiger partial charge in [-0.2, -0.15) is 0 Å². The van der Waals surface area contributed by atoms with Gasteiger partial charge in [0.2, 0.25) is 0 Å². The molecule has 0 aromatic carbocycles. The van der Waals surface area contributed by atoms with Crippen LogP contribution in [0.5, 0.6) is 0 Å². The van der Waals surface area contributed by atoms with E-state index in [0.29, 0.717) is 43.9 Å². The molecule has 0 aliphatic rings. The Labute approximate surface area is 127 Å². The Morgan fingerprint density at radius 1 is 1.32 bits per heavy atom. The Hall–Kier alpha value is -2.36. The number of ether oxygens (including phenoxy) is 2. The van der Waals surface area contributed by atoms with E-state index in [1.165, 1.54) is 0 Å². The van der Waals surface area contributed by atoms with E-state index in [0.717, 1.165) is 6.42 Å². The fourth-order valence-corrected chi connectivity index (χ4v) is 1.49. The van der Waals surface area contributed by atoms with Crippen molar-refractivity contribution in [3.63, 3.8) is 0 Å². The molecular weight excluding hydrogens is 292 g/mol. The molecule has 22 heavy (non-hydrogen) atoms. The van der Waals surface area contributed by atoms with Gasteiger partial charge in [-0.3, -0.25) is 10.5 Å². The van der Waals surface area contributed by atoms with Gasteiger partial charge >= 0.3 is 6.09 Å². The van der Waals surface area contributed by atoms with Crippen LogP contribution in [0.3, 0.4) is 0 Å². The van der Waals surface area contributed by atoms with E-state index in [9.17, 15) is 9.59 Å². The first kappa shape index (κ1) is 17.7. The summed E-state index contributed by atoms with van der Waals surface area (Å²) < 4.78 is 9.50. The van der Waals surface area contributed by atoms with Crippen LogP contribution in [0.4, 0.5) is 4.79 Å². The Morgan fingerprint density at radius 2 is 2.05 bits per heavy atom. The number of aryl methyl sites for hydroxylation is 1. The number of nitrogens with two attached hydrogens (primary N) is 1. The molecule has 1 aromatic rings. The number of nitrogens with one attached hydrogen (secondary N) is 1. The van der Waals surface area contributed by atoms with Crippen molar-refractivity contribution >= 4 is 12.6 Å². The summed E-state index contributed by atoms with van der Waals surface area (Å²) in [5.41, 5.74) is 5.47. The molecule has 10 heteroatoms. The normalized spacial score (nSPS) is 11.5. The Balaban J connectivity index is 2.01. The number of rotatable bonds is 10. The molecule has 0 fully saturated rings. The number of amides is 1. The number of nitrogens with zero attached hydrogens (tertiary/aromatic N) is 4. The second-order valence-electron chi connectivity index (χ2n) is 4.44. The van der Waals surface area contributed by atoms with E-state index in [-0.39, 0.29) is 6.61 Å². The van der Waals surface area contributed by atoms with Gasteiger partial charge in [-0.25, -0.2) is 4.79 Å². The molecule has 0 saturated carbocycles. The summed E-state index contributed by atoms with van der Waals surface area (Å²) in [6, 6.07) is 0. The lowest BCUT2D eigenvalue weighted by molar-refractivity contribution is -0.133. The minimum Gasteiger partial charge on any atom is -0.449 e. The molecule has 0 aliphatic heterocycles. The van der Waals surface area contributed by atoms with Crippen LogP contribution in [-0.4, -0.2) is 52.3 Å². The van der Waals surface area contributed by atoms with Gasteiger partial charge in [0.15, 0.2) is 17.9 Å². The molecule has 0 aliphatic carbocycles. The summed E-state index contributed by atoms with van der Waals surface area (Å²) in [5.74, 6) is 0.906. The maximum absolute atomic E-state index is 11.4. The fraction of sp³-hybridized carbons (Fsp3) is 0.667. The van der Waals surface area contributed by atoms with Crippen molar-refractivity contribution in [1.82, 2.24) is 25.7 Å². The molecule has 1 unspecified atom stereocenters. The second kappa shape index (κ2) is 10.4. The first-order valence-corrected chi connectivity index (χ1v) is 6.90. The van der Waals surface area contributed by atoms with Crippen molar-refractivity contribution in [2.45, 2.75) is 38.8 Å². The van der Waals surface area contributed by atoms with Crippen LogP contribution in [0.15, 0.2) is 0 Å². The number of hydrogen-bond donors (Lipinski definition) is 2. The van der Waals surface area contributed by atoms with E-state index in [1.54, 1.807) is 6.92 Å². The highest BCUT2D eigenvalue weighted by atomic mass is 16.5. The Kier molecular flexibility index (Phi) is 8.35. The fourth-order valence-electron chi connectivity index (χ4n) is 1.49. The van der Waals surface area contributed by atoms with Crippen molar-refractivity contribution in [2.24, 2.45) is 5.73 Å². The summed E-state index contributed by atoms with van der Waals surface area (Å²) in [4.78, 5) is 21.4. The average molecular weight is 312 g/mol. The molecule has 0 radical (unpaired) electrons. The Morgan fingerprint density at radius 3 is 2.73 bits per heavy atom. The first-order chi connectivity index (χ1) is 10.6. The van der Waals surface area contributed by atoms with Gasteiger partial charge in [0.25, 0.3) is 6.47 Å². The maximum Gasteiger partial charge on any atom is 0.407 e. The summed E-state index contributed by atoms with van der Waals surface area (Å²) in [6.07, 6.45) is 1.22. The third kappa shape index (κ3) is 8.04. The van der Waals surface area contributed by atoms with Crippen LogP contribution >= 0.6 is 0 Å². The van der Waals surface area contributed by atoms with Gasteiger partial charge in [0, 0.05) is 13.0 Å². The molecule has 1 amide bonds. The van der Waals surface area contributed by atoms with Gasteiger partial charge in [-0.1, -0.05) is 0 Å². The lowest BCUT2D eigenvalue weighted by Gasteiger charge is -2.09. The molecule has 0 bridgehead atoms. The van der Waals surface area contributed by atoms with E-state index in [1.807, 2.05) is 0 Å². The molecule has 122 valence electrons. The van der Waals surface area contributed by atoms with Crippen molar-refractivity contribution in [2.75, 3.05) is 13.2 Å². The second-order valence-corrected chi connectivity index (χ2v) is 4.44. The molecule has 1 atom stereocenters. The third-order valence-electron chi connectivity index (χ3n) is 2.59. The lowest BCUT2D eigenvalue weighted by atomic mass is 10.2. The van der Waals surface area contributed by atoms with Crippen molar-refractivity contribution in [3.05, 3.63) is 11.6 Å². The van der Waals surface area contributed by atoms with Crippen LogP contribution in [-0.2, 0) is 20.7 Å². The van der Waals surface area contributed by atoms with Gasteiger partial charge in [0.05, 0.1) is 0 Å². The van der Waals surface area contributed by atoms with Crippen molar-refractivity contribution < 1.29 is 19.1 Å². The summed E-state index contributed by atoms with van der Waals surface area (Å²) in [7, 11) is 0. The molecule has 1 rings (SSSR count). The zero-order chi connectivity index (χ0) is 16.2. The topological polar surface area (TPSA) is 142 Å². The number of unbranched alkanes of at least 4 members (excludes halogenated alkanes) is 1. The quantitative estimate of drug-likeness (QED) is 0.331. The summed E-state index contributed by atoms with van der Waals surface area (Å²) in [5, 5.41) is 17.7. The highest BCUT2D eigenvalue weighted by Gasteiger charge is 2.05. The number of alkyl carbamates (subject to hydrolysis) is 1. The minimum absolute atomic E-state index is 0.149. The highest BCUT2D eigenvalue weighted by Crippen LogP contribution is 1.98. The molecule has 3 N–H and O–H groups in total. The number of carbonyl (C=O) groups is 2. The Bertz CT molecular complexity index is 455. The van der Waals surface area contributed by atoms with Crippen LogP contribution < -0.4 is 11.1 Å². The summed E-state index contributed by atoms with van der Waals surface area (Å²) >= 11 is 0. The lowest BCUT2D eigenvalue weighted by Crippen LogP contribution is -2.27. The van der Waals surface area contributed by atoms with E-state index < -0.39 is 12.3 Å². The number of carbonyl (C=O) groups excluding carboxylic acids is 2.